The largest absolute Gasteiger partial charge is 0.381 e. The second-order valence-corrected chi connectivity index (χ2v) is 4.36. The van der Waals surface area contributed by atoms with E-state index in [0.29, 0.717) is 18.9 Å². The van der Waals surface area contributed by atoms with Crippen molar-refractivity contribution < 1.29 is 9.53 Å². The van der Waals surface area contributed by atoms with Crippen molar-refractivity contribution in [3.63, 3.8) is 0 Å². The summed E-state index contributed by atoms with van der Waals surface area (Å²) in [4.78, 5) is 13.5. The summed E-state index contributed by atoms with van der Waals surface area (Å²) in [5.74, 6) is 0.774. The summed E-state index contributed by atoms with van der Waals surface area (Å²) < 4.78 is 5.27. The van der Waals surface area contributed by atoms with Crippen LogP contribution in [0, 0.1) is 5.92 Å². The zero-order valence-corrected chi connectivity index (χ0v) is 9.74. The maximum atomic E-state index is 11.7. The number of carbonyl (C=O) groups excluding carboxylic acids is 1. The zero-order chi connectivity index (χ0) is 11.3. The minimum atomic E-state index is 0.136. The summed E-state index contributed by atoms with van der Waals surface area (Å²) in [5, 5.41) is 0. The fourth-order valence-corrected chi connectivity index (χ4v) is 1.72. The molecule has 2 unspecified atom stereocenters. The topological polar surface area (TPSA) is 55.6 Å². The SMILES string of the molecule is CC(CN)N(C)C(=O)CCC1CCOC1. The van der Waals surface area contributed by atoms with Gasteiger partial charge in [0.1, 0.15) is 0 Å². The molecular formula is C11H22N2O2. The maximum Gasteiger partial charge on any atom is 0.222 e. The van der Waals surface area contributed by atoms with Crippen LogP contribution in [-0.4, -0.2) is 43.7 Å². The van der Waals surface area contributed by atoms with E-state index in [1.807, 2.05) is 14.0 Å². The average Bonchev–Trinajstić information content (AvgIpc) is 2.76. The molecule has 1 saturated heterocycles. The first-order valence-corrected chi connectivity index (χ1v) is 5.68. The third kappa shape index (κ3) is 3.80. The molecule has 2 atom stereocenters. The van der Waals surface area contributed by atoms with E-state index in [2.05, 4.69) is 0 Å². The number of hydrogen-bond acceptors (Lipinski definition) is 3. The fourth-order valence-electron chi connectivity index (χ4n) is 1.72. The van der Waals surface area contributed by atoms with Gasteiger partial charge in [0.05, 0.1) is 0 Å². The number of hydrogen-bond donors (Lipinski definition) is 1. The number of rotatable bonds is 5. The van der Waals surface area contributed by atoms with Crippen molar-refractivity contribution in [3.05, 3.63) is 0 Å². The normalized spacial score (nSPS) is 22.7. The van der Waals surface area contributed by atoms with Crippen LogP contribution < -0.4 is 5.73 Å². The summed E-state index contributed by atoms with van der Waals surface area (Å²) in [6, 6.07) is 0.136. The highest BCUT2D eigenvalue weighted by Crippen LogP contribution is 2.18. The molecule has 2 N–H and O–H groups in total. The fraction of sp³-hybridized carbons (Fsp3) is 0.909. The maximum absolute atomic E-state index is 11.7. The van der Waals surface area contributed by atoms with Crippen LogP contribution in [0.25, 0.3) is 0 Å². The molecule has 1 fully saturated rings. The van der Waals surface area contributed by atoms with Gasteiger partial charge in [-0.1, -0.05) is 0 Å². The van der Waals surface area contributed by atoms with Crippen molar-refractivity contribution in [1.82, 2.24) is 4.90 Å². The predicted octanol–water partition coefficient (Wildman–Crippen LogP) is 0.609. The Balaban J connectivity index is 2.22. The Morgan fingerprint density at radius 3 is 2.93 bits per heavy atom. The smallest absolute Gasteiger partial charge is 0.222 e. The second-order valence-electron chi connectivity index (χ2n) is 4.36. The van der Waals surface area contributed by atoms with Crippen LogP contribution in [-0.2, 0) is 9.53 Å². The van der Waals surface area contributed by atoms with Gasteiger partial charge in [-0.05, 0) is 25.7 Å². The van der Waals surface area contributed by atoms with Crippen molar-refractivity contribution in [3.8, 4) is 0 Å². The Bertz CT molecular complexity index is 203. The van der Waals surface area contributed by atoms with Gasteiger partial charge in [0, 0.05) is 39.3 Å². The summed E-state index contributed by atoms with van der Waals surface area (Å²) in [5.41, 5.74) is 5.52. The second kappa shape index (κ2) is 6.08. The van der Waals surface area contributed by atoms with Crippen LogP contribution in [0.15, 0.2) is 0 Å². The van der Waals surface area contributed by atoms with Crippen LogP contribution in [0.5, 0.6) is 0 Å². The first-order valence-electron chi connectivity index (χ1n) is 5.68. The Kier molecular flexibility index (Phi) is 5.05. The lowest BCUT2D eigenvalue weighted by Gasteiger charge is -2.24. The van der Waals surface area contributed by atoms with Crippen LogP contribution >= 0.6 is 0 Å². The standard InChI is InChI=1S/C11H22N2O2/c1-9(7-12)13(2)11(14)4-3-10-5-6-15-8-10/h9-10H,3-8,12H2,1-2H3. The van der Waals surface area contributed by atoms with E-state index in [1.54, 1.807) is 4.90 Å². The molecule has 4 nitrogen and oxygen atoms in total. The summed E-state index contributed by atoms with van der Waals surface area (Å²) in [6.45, 7) is 4.17. The number of nitrogens with two attached hydrogens (primary N) is 1. The molecule has 0 aromatic heterocycles. The van der Waals surface area contributed by atoms with E-state index in [-0.39, 0.29) is 11.9 Å². The molecule has 4 heteroatoms. The monoisotopic (exact) mass is 214 g/mol. The van der Waals surface area contributed by atoms with Gasteiger partial charge in [0.25, 0.3) is 0 Å². The minimum absolute atomic E-state index is 0.136. The first kappa shape index (κ1) is 12.5. The molecule has 0 aliphatic carbocycles. The molecule has 88 valence electrons. The molecule has 0 radical (unpaired) electrons. The number of carbonyl (C=O) groups is 1. The van der Waals surface area contributed by atoms with Gasteiger partial charge in [-0.2, -0.15) is 0 Å². The van der Waals surface area contributed by atoms with Crippen molar-refractivity contribution in [2.24, 2.45) is 11.7 Å². The molecule has 15 heavy (non-hydrogen) atoms. The highest BCUT2D eigenvalue weighted by Gasteiger charge is 2.19. The lowest BCUT2D eigenvalue weighted by Crippen LogP contribution is -2.39. The van der Waals surface area contributed by atoms with Gasteiger partial charge in [-0.25, -0.2) is 0 Å². The van der Waals surface area contributed by atoms with Gasteiger partial charge in [-0.3, -0.25) is 4.79 Å². The highest BCUT2D eigenvalue weighted by atomic mass is 16.5. The highest BCUT2D eigenvalue weighted by molar-refractivity contribution is 5.76. The number of ether oxygens (including phenoxy) is 1. The number of amides is 1. The first-order chi connectivity index (χ1) is 7.15. The molecule has 1 rings (SSSR count). The number of likely N-dealkylation sites (N-methyl/N-ethyl adjacent to an activating group) is 1. The molecule has 0 spiro atoms. The molecule has 1 aliphatic rings. The van der Waals surface area contributed by atoms with E-state index in [4.69, 9.17) is 10.5 Å². The molecule has 0 bridgehead atoms. The van der Waals surface area contributed by atoms with Crippen LogP contribution in [0.2, 0.25) is 0 Å². The van der Waals surface area contributed by atoms with Crippen molar-refractivity contribution in [1.29, 1.82) is 0 Å². The Hall–Kier alpha value is -0.610. The number of nitrogens with zero attached hydrogens (tertiary/aromatic N) is 1. The van der Waals surface area contributed by atoms with Crippen LogP contribution in [0.4, 0.5) is 0 Å². The summed E-state index contributed by atoms with van der Waals surface area (Å²) >= 11 is 0. The predicted molar refractivity (Wildman–Crippen MR) is 59.4 cm³/mol. The molecule has 0 aromatic rings. The van der Waals surface area contributed by atoms with Crippen LogP contribution in [0.1, 0.15) is 26.2 Å². The van der Waals surface area contributed by atoms with E-state index in [1.165, 1.54) is 0 Å². The minimum Gasteiger partial charge on any atom is -0.381 e. The Labute approximate surface area is 91.8 Å². The third-order valence-corrected chi connectivity index (χ3v) is 3.19. The van der Waals surface area contributed by atoms with Gasteiger partial charge in [0.2, 0.25) is 5.91 Å². The summed E-state index contributed by atoms with van der Waals surface area (Å²) in [6.07, 6.45) is 2.67. The molecule has 0 saturated carbocycles. The van der Waals surface area contributed by atoms with Crippen molar-refractivity contribution >= 4 is 5.91 Å². The van der Waals surface area contributed by atoms with Gasteiger partial charge in [-0.15, -0.1) is 0 Å². The van der Waals surface area contributed by atoms with Gasteiger partial charge < -0.3 is 15.4 Å². The third-order valence-electron chi connectivity index (χ3n) is 3.19. The Morgan fingerprint density at radius 2 is 2.40 bits per heavy atom. The molecule has 0 aromatic carbocycles. The quantitative estimate of drug-likeness (QED) is 0.729. The summed E-state index contributed by atoms with van der Waals surface area (Å²) in [7, 11) is 1.82. The van der Waals surface area contributed by atoms with E-state index >= 15 is 0 Å². The van der Waals surface area contributed by atoms with Gasteiger partial charge in [0.15, 0.2) is 0 Å². The average molecular weight is 214 g/mol. The van der Waals surface area contributed by atoms with E-state index < -0.39 is 0 Å². The molecule has 1 heterocycles. The molecule has 1 aliphatic heterocycles. The van der Waals surface area contributed by atoms with Gasteiger partial charge >= 0.3 is 0 Å². The lowest BCUT2D eigenvalue weighted by molar-refractivity contribution is -0.131. The van der Waals surface area contributed by atoms with E-state index in [0.717, 1.165) is 26.1 Å². The lowest BCUT2D eigenvalue weighted by atomic mass is 10.0. The van der Waals surface area contributed by atoms with E-state index in [9.17, 15) is 4.79 Å². The molecular weight excluding hydrogens is 192 g/mol. The van der Waals surface area contributed by atoms with Crippen LogP contribution in [0.3, 0.4) is 0 Å². The Morgan fingerprint density at radius 1 is 1.67 bits per heavy atom. The van der Waals surface area contributed by atoms with Crippen molar-refractivity contribution in [2.75, 3.05) is 26.8 Å². The molecule has 1 amide bonds. The zero-order valence-electron chi connectivity index (χ0n) is 9.74. The van der Waals surface area contributed by atoms with Crippen molar-refractivity contribution in [2.45, 2.75) is 32.2 Å².